The van der Waals surface area contributed by atoms with Crippen LogP contribution < -0.4 is 10.6 Å². The van der Waals surface area contributed by atoms with Crippen LogP contribution in [0.15, 0.2) is 77.3 Å². The second kappa shape index (κ2) is 10.2. The molecular formula is C23H18F6N4O2S. The Labute approximate surface area is 205 Å². The van der Waals surface area contributed by atoms with Gasteiger partial charge >= 0.3 is 12.4 Å². The smallest absolute Gasteiger partial charge is 0.369 e. The highest BCUT2D eigenvalue weighted by Crippen LogP contribution is 2.50. The fourth-order valence-electron chi connectivity index (χ4n) is 2.91. The normalized spacial score (nSPS) is 12.2. The highest BCUT2D eigenvalue weighted by Gasteiger charge is 2.71. The van der Waals surface area contributed by atoms with Crippen molar-refractivity contribution in [3.63, 3.8) is 0 Å². The summed E-state index contributed by atoms with van der Waals surface area (Å²) >= 11 is 1.28. The highest BCUT2D eigenvalue weighted by molar-refractivity contribution is 7.99. The molecule has 36 heavy (non-hydrogen) atoms. The van der Waals surface area contributed by atoms with Gasteiger partial charge < -0.3 is 15.7 Å². The maximum atomic E-state index is 13.1. The number of hydrogen-bond donors (Lipinski definition) is 3. The van der Waals surface area contributed by atoms with E-state index in [1.54, 1.807) is 31.2 Å². The van der Waals surface area contributed by atoms with Crippen molar-refractivity contribution >= 4 is 35.0 Å². The minimum absolute atomic E-state index is 0.0487. The van der Waals surface area contributed by atoms with E-state index >= 15 is 0 Å². The lowest BCUT2D eigenvalue weighted by Crippen LogP contribution is -2.53. The third-order valence-corrected chi connectivity index (χ3v) is 5.94. The van der Waals surface area contributed by atoms with Crippen molar-refractivity contribution < 1.29 is 36.2 Å². The average molecular weight is 528 g/mol. The number of aryl methyl sites for hydroxylation is 1. The van der Waals surface area contributed by atoms with Gasteiger partial charge in [0, 0.05) is 33.6 Å². The van der Waals surface area contributed by atoms with Crippen LogP contribution in [-0.4, -0.2) is 33.3 Å². The van der Waals surface area contributed by atoms with E-state index < -0.39 is 23.5 Å². The first-order valence-electron chi connectivity index (χ1n) is 10.0. The van der Waals surface area contributed by atoms with Gasteiger partial charge in [-0.05, 0) is 49.4 Å². The van der Waals surface area contributed by atoms with Gasteiger partial charge in [-0.15, -0.1) is 0 Å². The molecule has 0 aliphatic rings. The summed E-state index contributed by atoms with van der Waals surface area (Å²) < 4.78 is 78.4. The molecule has 3 aromatic rings. The lowest BCUT2D eigenvalue weighted by Gasteiger charge is -2.32. The standard InChI is InChI=1S/C23H18F6N4O2S/c1-3-18(34)31-15-8-10-17(11-9-15)36-19-13(2)12-30-20(33-19)32-16-6-4-14(5-7-16)21(35,22(24,25)26)23(27,28)29/h3-12,35H,1H2,2H3,(H,31,34)(H,30,32,33). The number of amides is 1. The third-order valence-electron chi connectivity index (χ3n) is 4.83. The zero-order valence-corrected chi connectivity index (χ0v) is 19.2. The quantitative estimate of drug-likeness (QED) is 0.195. The molecule has 0 aliphatic heterocycles. The van der Waals surface area contributed by atoms with Crippen LogP contribution in [0.3, 0.4) is 0 Å². The van der Waals surface area contributed by atoms with E-state index in [0.717, 1.165) is 23.1 Å². The fourth-order valence-corrected chi connectivity index (χ4v) is 3.75. The van der Waals surface area contributed by atoms with E-state index in [0.29, 0.717) is 28.4 Å². The van der Waals surface area contributed by atoms with Crippen LogP contribution >= 0.6 is 11.8 Å². The van der Waals surface area contributed by atoms with E-state index in [-0.39, 0.29) is 17.5 Å². The van der Waals surface area contributed by atoms with Crippen LogP contribution in [0.1, 0.15) is 11.1 Å². The SMILES string of the molecule is C=CC(=O)Nc1ccc(Sc2nc(Nc3ccc(C(O)(C(F)(F)F)C(F)(F)F)cc3)ncc2C)cc1. The number of carbonyl (C=O) groups excluding carboxylic acids is 1. The number of carbonyl (C=O) groups is 1. The number of aromatic nitrogens is 2. The Morgan fingerprint density at radius 2 is 1.53 bits per heavy atom. The largest absolute Gasteiger partial charge is 0.430 e. The molecule has 2 aromatic carbocycles. The number of nitrogens with one attached hydrogen (secondary N) is 2. The Morgan fingerprint density at radius 1 is 0.972 bits per heavy atom. The summed E-state index contributed by atoms with van der Waals surface area (Å²) in [7, 11) is 0. The zero-order valence-electron chi connectivity index (χ0n) is 18.4. The number of hydrogen-bond acceptors (Lipinski definition) is 6. The van der Waals surface area contributed by atoms with Crippen LogP contribution in [0.5, 0.6) is 0 Å². The van der Waals surface area contributed by atoms with Gasteiger partial charge in [-0.3, -0.25) is 4.79 Å². The van der Waals surface area contributed by atoms with E-state index in [1.807, 2.05) is 0 Å². The Morgan fingerprint density at radius 3 is 2.06 bits per heavy atom. The molecule has 0 atom stereocenters. The summed E-state index contributed by atoms with van der Waals surface area (Å²) in [5, 5.41) is 15.4. The van der Waals surface area contributed by atoms with Crippen LogP contribution in [0.4, 0.5) is 43.7 Å². The minimum atomic E-state index is -5.97. The van der Waals surface area contributed by atoms with Gasteiger partial charge in [-0.2, -0.15) is 26.3 Å². The number of alkyl halides is 6. The predicted octanol–water partition coefficient (Wildman–Crippen LogP) is 6.12. The molecular weight excluding hydrogens is 510 g/mol. The Hall–Kier alpha value is -3.58. The Bertz CT molecular complexity index is 1230. The van der Waals surface area contributed by atoms with Crippen molar-refractivity contribution in [1.82, 2.24) is 9.97 Å². The fraction of sp³-hybridized carbons (Fsp3) is 0.174. The van der Waals surface area contributed by atoms with Crippen molar-refractivity contribution in [3.05, 3.63) is 78.5 Å². The molecule has 190 valence electrons. The van der Waals surface area contributed by atoms with Gasteiger partial charge in [0.05, 0.1) is 0 Å². The molecule has 0 fully saturated rings. The number of aliphatic hydroxyl groups is 1. The molecule has 0 aliphatic carbocycles. The van der Waals surface area contributed by atoms with Crippen LogP contribution in [-0.2, 0) is 10.4 Å². The summed E-state index contributed by atoms with van der Waals surface area (Å²) in [6.07, 6.45) is -9.30. The predicted molar refractivity (Wildman–Crippen MR) is 122 cm³/mol. The lowest BCUT2D eigenvalue weighted by atomic mass is 9.92. The maximum absolute atomic E-state index is 13.1. The second-order valence-electron chi connectivity index (χ2n) is 7.41. The maximum Gasteiger partial charge on any atom is 0.430 e. The van der Waals surface area contributed by atoms with Crippen molar-refractivity contribution in [3.8, 4) is 0 Å². The molecule has 6 nitrogen and oxygen atoms in total. The topological polar surface area (TPSA) is 87.1 Å². The molecule has 0 saturated carbocycles. The molecule has 3 N–H and O–H groups in total. The minimum Gasteiger partial charge on any atom is -0.369 e. The first-order valence-corrected chi connectivity index (χ1v) is 10.8. The third kappa shape index (κ3) is 5.79. The number of rotatable bonds is 7. The summed E-state index contributed by atoms with van der Waals surface area (Å²) in [4.78, 5) is 20.6. The van der Waals surface area contributed by atoms with Gasteiger partial charge in [0.2, 0.25) is 11.9 Å². The van der Waals surface area contributed by atoms with Gasteiger partial charge in [0.25, 0.3) is 5.60 Å². The summed E-state index contributed by atoms with van der Waals surface area (Å²) in [6.45, 7) is 5.13. The molecule has 0 saturated heterocycles. The summed E-state index contributed by atoms with van der Waals surface area (Å²) in [6, 6.07) is 9.82. The molecule has 0 bridgehead atoms. The van der Waals surface area contributed by atoms with Gasteiger partial charge in [-0.1, -0.05) is 30.5 Å². The molecule has 1 heterocycles. The number of halogens is 6. The van der Waals surface area contributed by atoms with Crippen molar-refractivity contribution in [1.29, 1.82) is 0 Å². The number of nitrogens with zero attached hydrogens (tertiary/aromatic N) is 2. The number of anilines is 3. The van der Waals surface area contributed by atoms with Crippen molar-refractivity contribution in [2.45, 2.75) is 34.8 Å². The molecule has 13 heteroatoms. The van der Waals surface area contributed by atoms with Crippen LogP contribution in [0.2, 0.25) is 0 Å². The lowest BCUT2D eigenvalue weighted by molar-refractivity contribution is -0.376. The zero-order chi connectivity index (χ0) is 26.7. The highest BCUT2D eigenvalue weighted by atomic mass is 32.2. The number of benzene rings is 2. The monoisotopic (exact) mass is 528 g/mol. The molecule has 0 radical (unpaired) electrons. The Balaban J connectivity index is 1.78. The second-order valence-corrected chi connectivity index (χ2v) is 8.47. The van der Waals surface area contributed by atoms with Gasteiger partial charge in [0.15, 0.2) is 0 Å². The Kier molecular flexibility index (Phi) is 7.65. The molecule has 3 rings (SSSR count). The van der Waals surface area contributed by atoms with Crippen LogP contribution in [0.25, 0.3) is 0 Å². The molecule has 1 aromatic heterocycles. The summed E-state index contributed by atoms with van der Waals surface area (Å²) in [5.74, 6) is -0.306. The first-order chi connectivity index (χ1) is 16.7. The average Bonchev–Trinajstić information content (AvgIpc) is 2.81. The molecule has 0 unspecified atom stereocenters. The molecule has 0 spiro atoms. The van der Waals surface area contributed by atoms with Gasteiger partial charge in [-0.25, -0.2) is 9.97 Å². The first kappa shape index (κ1) is 27.0. The molecule has 1 amide bonds. The van der Waals surface area contributed by atoms with E-state index in [9.17, 15) is 36.2 Å². The van der Waals surface area contributed by atoms with Crippen LogP contribution in [0, 0.1) is 6.92 Å². The summed E-state index contributed by atoms with van der Waals surface area (Å²) in [5.41, 5.74) is -5.00. The van der Waals surface area contributed by atoms with Crippen molar-refractivity contribution in [2.75, 3.05) is 10.6 Å². The van der Waals surface area contributed by atoms with E-state index in [1.165, 1.54) is 18.0 Å². The van der Waals surface area contributed by atoms with E-state index in [2.05, 4.69) is 27.2 Å². The van der Waals surface area contributed by atoms with Crippen molar-refractivity contribution in [2.24, 2.45) is 0 Å². The van der Waals surface area contributed by atoms with Gasteiger partial charge in [0.1, 0.15) is 5.03 Å². The van der Waals surface area contributed by atoms with E-state index in [4.69, 9.17) is 0 Å².